The first-order valence-electron chi connectivity index (χ1n) is 4.24. The van der Waals surface area contributed by atoms with Crippen LogP contribution in [0.3, 0.4) is 0 Å². The van der Waals surface area contributed by atoms with Crippen LogP contribution in [0.4, 0.5) is 0 Å². The van der Waals surface area contributed by atoms with Gasteiger partial charge in [0.25, 0.3) is 0 Å². The number of halogens is 1. The van der Waals surface area contributed by atoms with Crippen LogP contribution in [-0.4, -0.2) is 6.10 Å². The molecular formula is C10H14ClNO. The van der Waals surface area contributed by atoms with E-state index < -0.39 is 0 Å². The van der Waals surface area contributed by atoms with Crippen molar-refractivity contribution < 1.29 is 4.74 Å². The Hall–Kier alpha value is -0.570. The highest BCUT2D eigenvalue weighted by Gasteiger charge is 2.22. The van der Waals surface area contributed by atoms with Crippen molar-refractivity contribution in [2.75, 3.05) is 0 Å². The minimum Gasteiger partial charge on any atom is -0.372 e. The second-order valence-electron chi connectivity index (χ2n) is 3.24. The Morgan fingerprint density at radius 3 is 2.85 bits per heavy atom. The number of hydrogen-bond acceptors (Lipinski definition) is 2. The first-order valence-corrected chi connectivity index (χ1v) is 4.24. The van der Waals surface area contributed by atoms with Gasteiger partial charge in [-0.25, -0.2) is 0 Å². The van der Waals surface area contributed by atoms with Crippen LogP contribution >= 0.6 is 12.4 Å². The van der Waals surface area contributed by atoms with Crippen molar-refractivity contribution in [2.24, 2.45) is 5.73 Å². The summed E-state index contributed by atoms with van der Waals surface area (Å²) in [5, 5.41) is 0. The van der Waals surface area contributed by atoms with E-state index in [9.17, 15) is 0 Å². The van der Waals surface area contributed by atoms with Crippen LogP contribution in [0.25, 0.3) is 0 Å². The van der Waals surface area contributed by atoms with Gasteiger partial charge in [-0.3, -0.25) is 0 Å². The minimum atomic E-state index is 0. The molecule has 0 bridgehead atoms. The van der Waals surface area contributed by atoms with Crippen LogP contribution in [0.2, 0.25) is 0 Å². The predicted octanol–water partition coefficient (Wildman–Crippen LogP) is 2.03. The summed E-state index contributed by atoms with van der Waals surface area (Å²) in [6, 6.07) is 8.23. The van der Waals surface area contributed by atoms with E-state index in [1.165, 1.54) is 11.1 Å². The predicted molar refractivity (Wildman–Crippen MR) is 54.9 cm³/mol. The summed E-state index contributed by atoms with van der Waals surface area (Å²) in [7, 11) is 0. The van der Waals surface area contributed by atoms with Gasteiger partial charge in [0.15, 0.2) is 0 Å². The summed E-state index contributed by atoms with van der Waals surface area (Å²) >= 11 is 0. The van der Waals surface area contributed by atoms with Crippen molar-refractivity contribution >= 4 is 12.4 Å². The van der Waals surface area contributed by atoms with Gasteiger partial charge < -0.3 is 10.5 Å². The van der Waals surface area contributed by atoms with E-state index in [0.29, 0.717) is 6.61 Å². The van der Waals surface area contributed by atoms with E-state index in [-0.39, 0.29) is 24.6 Å². The molecule has 13 heavy (non-hydrogen) atoms. The molecule has 2 nitrogen and oxygen atoms in total. The van der Waals surface area contributed by atoms with Crippen LogP contribution in [0.1, 0.15) is 24.1 Å². The smallest absolute Gasteiger partial charge is 0.0744 e. The van der Waals surface area contributed by atoms with E-state index in [2.05, 4.69) is 12.1 Å². The molecule has 3 heteroatoms. The summed E-state index contributed by atoms with van der Waals surface area (Å²) < 4.78 is 5.49. The standard InChI is InChI=1S/C10H13NO.ClH/c1-7-10(11)9-5-3-2-4-8(9)6-12-7;/h2-5,7,10H,6,11H2,1H3;1H/t7-,10+;/m0./s1. The lowest BCUT2D eigenvalue weighted by Crippen LogP contribution is -2.31. The second kappa shape index (κ2) is 4.09. The third kappa shape index (κ3) is 1.85. The van der Waals surface area contributed by atoms with E-state index in [4.69, 9.17) is 10.5 Å². The van der Waals surface area contributed by atoms with Crippen molar-refractivity contribution in [3.8, 4) is 0 Å². The number of hydrogen-bond donors (Lipinski definition) is 1. The van der Waals surface area contributed by atoms with Gasteiger partial charge in [0, 0.05) is 0 Å². The molecule has 72 valence electrons. The molecule has 0 amide bonds. The van der Waals surface area contributed by atoms with Crippen LogP contribution in [-0.2, 0) is 11.3 Å². The SMILES string of the molecule is C[C@@H]1OCc2ccccc2[C@@H]1N.Cl. The maximum absolute atomic E-state index is 5.96. The second-order valence-corrected chi connectivity index (χ2v) is 3.24. The Morgan fingerprint density at radius 1 is 1.38 bits per heavy atom. The normalized spacial score (nSPS) is 26.0. The summed E-state index contributed by atoms with van der Waals surface area (Å²) in [5.74, 6) is 0. The fourth-order valence-corrected chi connectivity index (χ4v) is 1.57. The Bertz CT molecular complexity index is 290. The zero-order valence-corrected chi connectivity index (χ0v) is 8.38. The van der Waals surface area contributed by atoms with Gasteiger partial charge in [-0.05, 0) is 18.1 Å². The largest absolute Gasteiger partial charge is 0.372 e. The fraction of sp³-hybridized carbons (Fsp3) is 0.400. The number of benzene rings is 1. The van der Waals surface area contributed by atoms with Gasteiger partial charge in [0.2, 0.25) is 0 Å². The molecule has 0 spiro atoms. The lowest BCUT2D eigenvalue weighted by molar-refractivity contribution is 0.0214. The lowest BCUT2D eigenvalue weighted by atomic mass is 9.95. The average Bonchev–Trinajstić information content (AvgIpc) is 2.12. The van der Waals surface area contributed by atoms with Gasteiger partial charge in [0.1, 0.15) is 0 Å². The van der Waals surface area contributed by atoms with E-state index in [1.807, 2.05) is 19.1 Å². The molecule has 0 fully saturated rings. The fourth-order valence-electron chi connectivity index (χ4n) is 1.57. The molecule has 1 aliphatic heterocycles. The van der Waals surface area contributed by atoms with Crippen LogP contribution in [0, 0.1) is 0 Å². The van der Waals surface area contributed by atoms with Crippen molar-refractivity contribution in [3.63, 3.8) is 0 Å². The van der Waals surface area contributed by atoms with Crippen molar-refractivity contribution in [3.05, 3.63) is 35.4 Å². The maximum Gasteiger partial charge on any atom is 0.0744 e. The summed E-state index contributed by atoms with van der Waals surface area (Å²) in [5.41, 5.74) is 8.42. The Balaban J connectivity index is 0.000000845. The van der Waals surface area contributed by atoms with Gasteiger partial charge in [-0.1, -0.05) is 24.3 Å². The average molecular weight is 200 g/mol. The number of ether oxygens (including phenoxy) is 1. The van der Waals surface area contributed by atoms with Crippen molar-refractivity contribution in [2.45, 2.75) is 25.7 Å². The third-order valence-corrected chi connectivity index (χ3v) is 2.42. The molecule has 2 rings (SSSR count). The summed E-state index contributed by atoms with van der Waals surface area (Å²) in [6.45, 7) is 2.71. The highest BCUT2D eigenvalue weighted by Crippen LogP contribution is 2.26. The lowest BCUT2D eigenvalue weighted by Gasteiger charge is -2.28. The van der Waals surface area contributed by atoms with Crippen LogP contribution in [0.5, 0.6) is 0 Å². The molecule has 0 saturated carbocycles. The summed E-state index contributed by atoms with van der Waals surface area (Å²) in [6.07, 6.45) is 0.139. The van der Waals surface area contributed by atoms with Crippen LogP contribution < -0.4 is 5.73 Å². The first-order chi connectivity index (χ1) is 5.79. The van der Waals surface area contributed by atoms with Gasteiger partial charge in [-0.15, -0.1) is 12.4 Å². The molecular weight excluding hydrogens is 186 g/mol. The molecule has 1 heterocycles. The Morgan fingerprint density at radius 2 is 2.08 bits per heavy atom. The highest BCUT2D eigenvalue weighted by molar-refractivity contribution is 5.85. The van der Waals surface area contributed by atoms with Gasteiger partial charge in [0.05, 0.1) is 18.8 Å². The molecule has 1 aromatic carbocycles. The Kier molecular flexibility index (Phi) is 3.31. The highest BCUT2D eigenvalue weighted by atomic mass is 35.5. The molecule has 1 aliphatic rings. The molecule has 0 radical (unpaired) electrons. The van der Waals surface area contributed by atoms with Crippen molar-refractivity contribution in [1.82, 2.24) is 0 Å². The molecule has 2 N–H and O–H groups in total. The Labute approximate surface area is 84.5 Å². The van der Waals surface area contributed by atoms with E-state index in [0.717, 1.165) is 0 Å². The molecule has 1 aromatic rings. The molecule has 0 aliphatic carbocycles. The molecule has 0 aromatic heterocycles. The van der Waals surface area contributed by atoms with Gasteiger partial charge >= 0.3 is 0 Å². The zero-order valence-electron chi connectivity index (χ0n) is 7.57. The topological polar surface area (TPSA) is 35.2 Å². The number of nitrogens with two attached hydrogens (primary N) is 1. The maximum atomic E-state index is 5.96. The molecule has 0 saturated heterocycles. The third-order valence-electron chi connectivity index (χ3n) is 2.42. The first kappa shape index (κ1) is 10.5. The molecule has 0 unspecified atom stereocenters. The minimum absolute atomic E-state index is 0. The number of fused-ring (bicyclic) bond motifs is 1. The van der Waals surface area contributed by atoms with E-state index >= 15 is 0 Å². The van der Waals surface area contributed by atoms with Gasteiger partial charge in [-0.2, -0.15) is 0 Å². The quantitative estimate of drug-likeness (QED) is 0.694. The monoisotopic (exact) mass is 199 g/mol. The summed E-state index contributed by atoms with van der Waals surface area (Å²) in [4.78, 5) is 0. The molecule has 2 atom stereocenters. The number of rotatable bonds is 0. The van der Waals surface area contributed by atoms with E-state index in [1.54, 1.807) is 0 Å². The van der Waals surface area contributed by atoms with Crippen LogP contribution in [0.15, 0.2) is 24.3 Å². The zero-order chi connectivity index (χ0) is 8.55. The van der Waals surface area contributed by atoms with Crippen molar-refractivity contribution in [1.29, 1.82) is 0 Å².